The number of hydrogen-bond acceptors (Lipinski definition) is 5. The molecule has 3 N–H and O–H groups in total. The van der Waals surface area contributed by atoms with Crippen molar-refractivity contribution in [1.82, 2.24) is 5.32 Å². The number of rotatable bonds is 6. The number of aryl methyl sites for hydroxylation is 1. The molecule has 2 aromatic rings. The predicted octanol–water partition coefficient (Wildman–Crippen LogP) is 1.97. The van der Waals surface area contributed by atoms with Gasteiger partial charge in [0.2, 0.25) is 5.91 Å². The van der Waals surface area contributed by atoms with Crippen LogP contribution in [0.15, 0.2) is 27.4 Å². The number of phenols is 1. The normalized spacial score (nSPS) is 12.3. The quantitative estimate of drug-likeness (QED) is 0.688. The Morgan fingerprint density at radius 1 is 1.28 bits per heavy atom. The number of carboxylic acid groups (broad SMARTS) is 1. The standard InChI is InChI=1S/C18H21NO6/c1-9(2)6-14(17(22)23)19-16(21)8-13-10(3)12-5-4-11(20)7-15(12)25-18(13)24/h4-5,7,9,14,20H,6,8H2,1-3H3,(H,19,21)(H,22,23)/t14-/m1/s1. The summed E-state index contributed by atoms with van der Waals surface area (Å²) in [5.74, 6) is -1.60. The highest BCUT2D eigenvalue weighted by Crippen LogP contribution is 2.23. The van der Waals surface area contributed by atoms with E-state index in [1.54, 1.807) is 13.0 Å². The van der Waals surface area contributed by atoms with E-state index in [4.69, 9.17) is 4.42 Å². The number of hydrogen-bond donors (Lipinski definition) is 3. The van der Waals surface area contributed by atoms with Crippen molar-refractivity contribution >= 4 is 22.8 Å². The lowest BCUT2D eigenvalue weighted by Gasteiger charge is -2.16. The van der Waals surface area contributed by atoms with E-state index in [9.17, 15) is 24.6 Å². The summed E-state index contributed by atoms with van der Waals surface area (Å²) >= 11 is 0. The Bertz CT molecular complexity index is 868. The van der Waals surface area contributed by atoms with E-state index >= 15 is 0 Å². The van der Waals surface area contributed by atoms with Gasteiger partial charge in [-0.3, -0.25) is 4.79 Å². The van der Waals surface area contributed by atoms with Crippen molar-refractivity contribution in [1.29, 1.82) is 0 Å². The van der Waals surface area contributed by atoms with Crippen molar-refractivity contribution in [3.05, 3.63) is 39.7 Å². The zero-order chi connectivity index (χ0) is 18.7. The molecule has 0 bridgehead atoms. The molecule has 2 rings (SSSR count). The zero-order valence-corrected chi connectivity index (χ0v) is 14.3. The Morgan fingerprint density at radius 2 is 1.96 bits per heavy atom. The first-order chi connectivity index (χ1) is 11.7. The molecule has 7 nitrogen and oxygen atoms in total. The molecule has 0 aliphatic rings. The van der Waals surface area contributed by atoms with Crippen LogP contribution in [-0.4, -0.2) is 28.1 Å². The second-order valence-corrected chi connectivity index (χ2v) is 6.44. The summed E-state index contributed by atoms with van der Waals surface area (Å²) in [4.78, 5) is 35.6. The summed E-state index contributed by atoms with van der Waals surface area (Å²) in [6.45, 7) is 5.40. The number of benzene rings is 1. The third-order valence-corrected chi connectivity index (χ3v) is 3.95. The molecule has 1 heterocycles. The lowest BCUT2D eigenvalue weighted by molar-refractivity contribution is -0.142. The van der Waals surface area contributed by atoms with Gasteiger partial charge in [-0.15, -0.1) is 0 Å². The van der Waals surface area contributed by atoms with E-state index in [0.717, 1.165) is 0 Å². The van der Waals surface area contributed by atoms with Crippen LogP contribution in [-0.2, 0) is 16.0 Å². The highest BCUT2D eigenvalue weighted by molar-refractivity contribution is 5.87. The van der Waals surface area contributed by atoms with Gasteiger partial charge in [0.25, 0.3) is 0 Å². The number of carboxylic acids is 1. The second kappa shape index (κ2) is 7.38. The minimum absolute atomic E-state index is 0.0291. The lowest BCUT2D eigenvalue weighted by atomic mass is 10.0. The molecule has 0 aliphatic heterocycles. The fraction of sp³-hybridized carbons (Fsp3) is 0.389. The van der Waals surface area contributed by atoms with Crippen LogP contribution >= 0.6 is 0 Å². The molecule has 0 saturated carbocycles. The van der Waals surface area contributed by atoms with Crippen molar-refractivity contribution in [2.45, 2.75) is 39.7 Å². The fourth-order valence-corrected chi connectivity index (χ4v) is 2.69. The Balaban J connectivity index is 2.27. The van der Waals surface area contributed by atoms with Crippen molar-refractivity contribution in [3.63, 3.8) is 0 Å². The molecule has 1 amide bonds. The minimum Gasteiger partial charge on any atom is -0.508 e. The van der Waals surface area contributed by atoms with E-state index in [-0.39, 0.29) is 29.2 Å². The number of aromatic hydroxyl groups is 1. The number of amides is 1. The average molecular weight is 347 g/mol. The smallest absolute Gasteiger partial charge is 0.340 e. The molecular weight excluding hydrogens is 326 g/mol. The molecule has 25 heavy (non-hydrogen) atoms. The fourth-order valence-electron chi connectivity index (χ4n) is 2.69. The Morgan fingerprint density at radius 3 is 2.56 bits per heavy atom. The molecule has 1 aromatic heterocycles. The van der Waals surface area contributed by atoms with Gasteiger partial charge in [0.15, 0.2) is 0 Å². The Labute approximate surface area is 144 Å². The molecule has 134 valence electrons. The predicted molar refractivity (Wildman–Crippen MR) is 91.6 cm³/mol. The molecule has 0 radical (unpaired) electrons. The summed E-state index contributed by atoms with van der Waals surface area (Å²) in [6.07, 6.45) is 0.0263. The molecule has 0 fully saturated rings. The van der Waals surface area contributed by atoms with Crippen LogP contribution in [0.2, 0.25) is 0 Å². The van der Waals surface area contributed by atoms with Gasteiger partial charge in [0.1, 0.15) is 17.4 Å². The number of nitrogens with one attached hydrogen (secondary N) is 1. The third kappa shape index (κ3) is 4.37. The van der Waals surface area contributed by atoms with Crippen LogP contribution in [0.1, 0.15) is 31.4 Å². The Hall–Kier alpha value is -2.83. The zero-order valence-electron chi connectivity index (χ0n) is 14.3. The van der Waals surface area contributed by atoms with Crippen molar-refractivity contribution in [2.24, 2.45) is 5.92 Å². The summed E-state index contributed by atoms with van der Waals surface area (Å²) in [5.41, 5.74) is 0.290. The van der Waals surface area contributed by atoms with Gasteiger partial charge < -0.3 is 19.9 Å². The van der Waals surface area contributed by atoms with E-state index in [0.29, 0.717) is 17.4 Å². The molecule has 0 saturated heterocycles. The van der Waals surface area contributed by atoms with Crippen molar-refractivity contribution < 1.29 is 24.2 Å². The Kier molecular flexibility index (Phi) is 5.46. The maximum Gasteiger partial charge on any atom is 0.340 e. The average Bonchev–Trinajstić information content (AvgIpc) is 2.49. The molecular formula is C18H21NO6. The van der Waals surface area contributed by atoms with Crippen LogP contribution in [0.3, 0.4) is 0 Å². The van der Waals surface area contributed by atoms with Gasteiger partial charge in [-0.2, -0.15) is 0 Å². The third-order valence-electron chi connectivity index (χ3n) is 3.95. The lowest BCUT2D eigenvalue weighted by Crippen LogP contribution is -2.42. The number of carbonyl (C=O) groups is 2. The second-order valence-electron chi connectivity index (χ2n) is 6.44. The maximum absolute atomic E-state index is 12.2. The maximum atomic E-state index is 12.2. The topological polar surface area (TPSA) is 117 Å². The highest BCUT2D eigenvalue weighted by Gasteiger charge is 2.22. The highest BCUT2D eigenvalue weighted by atomic mass is 16.4. The molecule has 0 spiro atoms. The number of fused-ring (bicyclic) bond motifs is 1. The van der Waals surface area contributed by atoms with E-state index in [1.165, 1.54) is 12.1 Å². The van der Waals surface area contributed by atoms with Gasteiger partial charge in [0.05, 0.1) is 12.0 Å². The van der Waals surface area contributed by atoms with Gasteiger partial charge >= 0.3 is 11.6 Å². The molecule has 0 unspecified atom stereocenters. The first-order valence-corrected chi connectivity index (χ1v) is 7.96. The molecule has 7 heteroatoms. The van der Waals surface area contributed by atoms with Crippen molar-refractivity contribution in [2.75, 3.05) is 0 Å². The van der Waals surface area contributed by atoms with Gasteiger partial charge in [-0.1, -0.05) is 13.8 Å². The van der Waals surface area contributed by atoms with Crippen molar-refractivity contribution in [3.8, 4) is 5.75 Å². The van der Waals surface area contributed by atoms with E-state index in [2.05, 4.69) is 5.32 Å². The number of aliphatic carboxylic acids is 1. The van der Waals surface area contributed by atoms with E-state index in [1.807, 2.05) is 13.8 Å². The molecule has 0 aliphatic carbocycles. The largest absolute Gasteiger partial charge is 0.508 e. The van der Waals surface area contributed by atoms with Gasteiger partial charge in [-0.25, -0.2) is 9.59 Å². The van der Waals surface area contributed by atoms with Crippen LogP contribution in [0.25, 0.3) is 11.0 Å². The van der Waals surface area contributed by atoms with Crippen LogP contribution in [0, 0.1) is 12.8 Å². The summed E-state index contributed by atoms with van der Waals surface area (Å²) in [5, 5.41) is 21.7. The number of carbonyl (C=O) groups excluding carboxylic acids is 1. The van der Waals surface area contributed by atoms with E-state index < -0.39 is 23.5 Å². The summed E-state index contributed by atoms with van der Waals surface area (Å²) in [6, 6.07) is 3.39. The molecule has 1 atom stereocenters. The molecule has 1 aromatic carbocycles. The minimum atomic E-state index is -1.11. The van der Waals surface area contributed by atoms with Crippen LogP contribution < -0.4 is 10.9 Å². The van der Waals surface area contributed by atoms with Gasteiger partial charge in [0, 0.05) is 11.5 Å². The SMILES string of the molecule is Cc1c(CC(=O)N[C@H](CC(C)C)C(=O)O)c(=O)oc2cc(O)ccc12. The monoisotopic (exact) mass is 347 g/mol. The first-order valence-electron chi connectivity index (χ1n) is 7.96. The van der Waals surface area contributed by atoms with Crippen LogP contribution in [0.5, 0.6) is 5.75 Å². The van der Waals surface area contributed by atoms with Gasteiger partial charge in [-0.05, 0) is 37.0 Å². The number of phenolic OH excluding ortho intramolecular Hbond substituents is 1. The van der Waals surface area contributed by atoms with Crippen LogP contribution in [0.4, 0.5) is 0 Å². The summed E-state index contributed by atoms with van der Waals surface area (Å²) < 4.78 is 5.16. The first kappa shape index (κ1) is 18.5. The summed E-state index contributed by atoms with van der Waals surface area (Å²) in [7, 11) is 0.